The zero-order valence-electron chi connectivity index (χ0n) is 8.97. The lowest BCUT2D eigenvalue weighted by Crippen LogP contribution is -2.30. The van der Waals surface area contributed by atoms with Crippen LogP contribution in [0.4, 0.5) is 0 Å². The molecule has 1 aromatic heterocycles. The Bertz CT molecular complexity index is 410. The number of hydrogen-bond donors (Lipinski definition) is 0. The number of hydrogen-bond acceptors (Lipinski definition) is 3. The van der Waals surface area contributed by atoms with Gasteiger partial charge in [0.15, 0.2) is 0 Å². The third-order valence-electron chi connectivity index (χ3n) is 2.87. The summed E-state index contributed by atoms with van der Waals surface area (Å²) < 4.78 is 0. The molecule has 0 bridgehead atoms. The Kier molecular flexibility index (Phi) is 3.16. The number of nitriles is 1. The van der Waals surface area contributed by atoms with Gasteiger partial charge in [0, 0.05) is 18.9 Å². The van der Waals surface area contributed by atoms with Gasteiger partial charge in [-0.1, -0.05) is 6.07 Å². The van der Waals surface area contributed by atoms with E-state index in [1.54, 1.807) is 17.3 Å². The summed E-state index contributed by atoms with van der Waals surface area (Å²) in [5, 5.41) is 8.54. The first-order valence-corrected chi connectivity index (χ1v) is 5.39. The lowest BCUT2D eigenvalue weighted by atomic mass is 10.1. The van der Waals surface area contributed by atoms with E-state index in [-0.39, 0.29) is 18.4 Å². The predicted molar refractivity (Wildman–Crippen MR) is 58.2 cm³/mol. The molecule has 82 valence electrons. The highest BCUT2D eigenvalue weighted by molar-refractivity contribution is 5.79. The predicted octanol–water partition coefficient (Wildman–Crippen LogP) is 1.66. The molecule has 1 aromatic rings. The van der Waals surface area contributed by atoms with Crippen LogP contribution < -0.4 is 0 Å². The van der Waals surface area contributed by atoms with Crippen molar-refractivity contribution in [1.82, 2.24) is 9.88 Å². The topological polar surface area (TPSA) is 57.0 Å². The maximum Gasteiger partial charge on any atom is 0.237 e. The fourth-order valence-electron chi connectivity index (χ4n) is 2.15. The second-order valence-electron chi connectivity index (χ2n) is 3.87. The minimum atomic E-state index is -0.0751. The molecule has 0 aliphatic carbocycles. The minimum absolute atomic E-state index is 0.0310. The van der Waals surface area contributed by atoms with E-state index in [1.807, 2.05) is 18.2 Å². The molecule has 0 unspecified atom stereocenters. The highest BCUT2D eigenvalue weighted by atomic mass is 16.2. The quantitative estimate of drug-likeness (QED) is 0.753. The molecule has 0 N–H and O–H groups in total. The van der Waals surface area contributed by atoms with Gasteiger partial charge in [-0.25, -0.2) is 0 Å². The number of pyridine rings is 1. The number of rotatable bonds is 2. The Morgan fingerprint density at radius 3 is 3.25 bits per heavy atom. The van der Waals surface area contributed by atoms with Gasteiger partial charge in [-0.3, -0.25) is 9.78 Å². The molecule has 1 saturated heterocycles. The maximum absolute atomic E-state index is 11.7. The fourth-order valence-corrected chi connectivity index (χ4v) is 2.15. The Balaban J connectivity index is 2.16. The molecular weight excluding hydrogens is 202 g/mol. The summed E-state index contributed by atoms with van der Waals surface area (Å²) >= 11 is 0. The SMILES string of the molecule is N#CCC(=O)N1CCC[C@@H]1c1cccnc1. The standard InChI is InChI=1S/C12H13N3O/c13-6-5-12(16)15-8-2-4-11(15)10-3-1-7-14-9-10/h1,3,7,9,11H,2,4-5,8H2/t11-/m1/s1. The second-order valence-corrected chi connectivity index (χ2v) is 3.87. The molecule has 1 atom stereocenters. The van der Waals surface area contributed by atoms with Crippen molar-refractivity contribution >= 4 is 5.91 Å². The largest absolute Gasteiger partial charge is 0.335 e. The van der Waals surface area contributed by atoms with Crippen LogP contribution in [0.25, 0.3) is 0 Å². The van der Waals surface area contributed by atoms with Crippen molar-refractivity contribution in [3.05, 3.63) is 30.1 Å². The first kappa shape index (κ1) is 10.6. The number of nitrogens with zero attached hydrogens (tertiary/aromatic N) is 3. The van der Waals surface area contributed by atoms with Crippen LogP contribution in [0.3, 0.4) is 0 Å². The van der Waals surface area contributed by atoms with E-state index in [9.17, 15) is 4.79 Å². The van der Waals surface area contributed by atoms with Crippen LogP contribution in [-0.2, 0) is 4.79 Å². The molecule has 2 heterocycles. The van der Waals surface area contributed by atoms with E-state index in [1.165, 1.54) is 0 Å². The number of carbonyl (C=O) groups excluding carboxylic acids is 1. The zero-order chi connectivity index (χ0) is 11.4. The molecule has 1 aliphatic heterocycles. The van der Waals surface area contributed by atoms with Crippen molar-refractivity contribution in [3.8, 4) is 6.07 Å². The molecule has 0 spiro atoms. The molecule has 0 radical (unpaired) electrons. The summed E-state index contributed by atoms with van der Waals surface area (Å²) in [5.41, 5.74) is 1.06. The lowest BCUT2D eigenvalue weighted by molar-refractivity contribution is -0.131. The van der Waals surface area contributed by atoms with Crippen LogP contribution in [0.5, 0.6) is 0 Å². The van der Waals surface area contributed by atoms with Gasteiger partial charge in [0.1, 0.15) is 6.42 Å². The monoisotopic (exact) mass is 215 g/mol. The molecule has 0 aromatic carbocycles. The van der Waals surface area contributed by atoms with Crippen LogP contribution in [-0.4, -0.2) is 22.3 Å². The number of likely N-dealkylation sites (tertiary alicyclic amines) is 1. The number of carbonyl (C=O) groups is 1. The Labute approximate surface area is 94.5 Å². The summed E-state index contributed by atoms with van der Waals surface area (Å²) in [6, 6.07) is 5.87. The molecule has 2 rings (SSSR count). The normalized spacial score (nSPS) is 19.4. The summed E-state index contributed by atoms with van der Waals surface area (Å²) in [6.07, 6.45) is 5.44. The molecule has 1 amide bonds. The first-order chi connectivity index (χ1) is 7.83. The molecule has 0 saturated carbocycles. The van der Waals surface area contributed by atoms with E-state index in [4.69, 9.17) is 5.26 Å². The van der Waals surface area contributed by atoms with Gasteiger partial charge in [-0.05, 0) is 24.5 Å². The van der Waals surface area contributed by atoms with E-state index in [0.717, 1.165) is 24.9 Å². The van der Waals surface area contributed by atoms with E-state index in [0.29, 0.717) is 0 Å². The highest BCUT2D eigenvalue weighted by Crippen LogP contribution is 2.31. The van der Waals surface area contributed by atoms with Crippen molar-refractivity contribution in [3.63, 3.8) is 0 Å². The van der Waals surface area contributed by atoms with E-state index >= 15 is 0 Å². The zero-order valence-corrected chi connectivity index (χ0v) is 8.97. The van der Waals surface area contributed by atoms with Crippen molar-refractivity contribution in [2.45, 2.75) is 25.3 Å². The first-order valence-electron chi connectivity index (χ1n) is 5.39. The molecular formula is C12H13N3O. The summed E-state index contributed by atoms with van der Waals surface area (Å²) in [7, 11) is 0. The Morgan fingerprint density at radius 1 is 1.69 bits per heavy atom. The van der Waals surface area contributed by atoms with Gasteiger partial charge in [-0.2, -0.15) is 5.26 Å². The number of amides is 1. The minimum Gasteiger partial charge on any atom is -0.335 e. The van der Waals surface area contributed by atoms with Gasteiger partial charge in [0.25, 0.3) is 0 Å². The van der Waals surface area contributed by atoms with E-state index < -0.39 is 0 Å². The third kappa shape index (κ3) is 2.03. The molecule has 4 nitrogen and oxygen atoms in total. The molecule has 4 heteroatoms. The average molecular weight is 215 g/mol. The van der Waals surface area contributed by atoms with Crippen molar-refractivity contribution in [2.75, 3.05) is 6.54 Å². The van der Waals surface area contributed by atoms with Gasteiger partial charge in [-0.15, -0.1) is 0 Å². The number of aromatic nitrogens is 1. The van der Waals surface area contributed by atoms with Gasteiger partial charge in [0.05, 0.1) is 12.1 Å². The molecule has 1 aliphatic rings. The van der Waals surface area contributed by atoms with Gasteiger partial charge < -0.3 is 4.90 Å². The van der Waals surface area contributed by atoms with Crippen LogP contribution in [0.15, 0.2) is 24.5 Å². The summed E-state index contributed by atoms with van der Waals surface area (Å²) in [5.74, 6) is -0.0751. The Hall–Kier alpha value is -1.89. The van der Waals surface area contributed by atoms with Crippen LogP contribution >= 0.6 is 0 Å². The summed E-state index contributed by atoms with van der Waals surface area (Å²) in [6.45, 7) is 0.750. The average Bonchev–Trinajstić information content (AvgIpc) is 2.79. The van der Waals surface area contributed by atoms with Crippen molar-refractivity contribution in [2.24, 2.45) is 0 Å². The van der Waals surface area contributed by atoms with Crippen molar-refractivity contribution < 1.29 is 4.79 Å². The summed E-state index contributed by atoms with van der Waals surface area (Å²) in [4.78, 5) is 17.6. The smallest absolute Gasteiger partial charge is 0.237 e. The molecule has 16 heavy (non-hydrogen) atoms. The van der Waals surface area contributed by atoms with Crippen LogP contribution in [0, 0.1) is 11.3 Å². The second kappa shape index (κ2) is 4.75. The maximum atomic E-state index is 11.7. The van der Waals surface area contributed by atoms with Crippen LogP contribution in [0.1, 0.15) is 30.9 Å². The fraction of sp³-hybridized carbons (Fsp3) is 0.417. The third-order valence-corrected chi connectivity index (χ3v) is 2.87. The van der Waals surface area contributed by atoms with Gasteiger partial charge >= 0.3 is 0 Å². The highest BCUT2D eigenvalue weighted by Gasteiger charge is 2.29. The Morgan fingerprint density at radius 2 is 2.56 bits per heavy atom. The van der Waals surface area contributed by atoms with Crippen molar-refractivity contribution in [1.29, 1.82) is 5.26 Å². The van der Waals surface area contributed by atoms with Crippen LogP contribution in [0.2, 0.25) is 0 Å². The molecule has 1 fully saturated rings. The van der Waals surface area contributed by atoms with E-state index in [2.05, 4.69) is 4.98 Å². The lowest BCUT2D eigenvalue weighted by Gasteiger charge is -2.23. The van der Waals surface area contributed by atoms with Gasteiger partial charge in [0.2, 0.25) is 5.91 Å².